The smallest absolute Gasteiger partial charge is 0.309 e. The predicted octanol–water partition coefficient (Wildman–Crippen LogP) is 7.76. The Kier molecular flexibility index (Phi) is 10.1. The summed E-state index contributed by atoms with van der Waals surface area (Å²) in [5, 5.41) is 19.1. The summed E-state index contributed by atoms with van der Waals surface area (Å²) in [5.41, 5.74) is -0.620. The van der Waals surface area contributed by atoms with E-state index in [1.165, 1.54) is 38.5 Å². The van der Waals surface area contributed by atoms with E-state index in [1.807, 2.05) is 0 Å². The topological polar surface area (TPSA) is 119 Å². The van der Waals surface area contributed by atoms with Crippen LogP contribution < -0.4 is 14.2 Å². The monoisotopic (exact) mass is 648 g/mol. The number of thiophene rings is 2. The van der Waals surface area contributed by atoms with Gasteiger partial charge >= 0.3 is 11.9 Å². The number of Topliss-reactive ketones (excluding diaryl/α,β-unsaturated/α-hetero) is 1. The highest BCUT2D eigenvalue weighted by Crippen LogP contribution is 2.41. The minimum absolute atomic E-state index is 0.0453. The van der Waals surface area contributed by atoms with Crippen LogP contribution in [0.4, 0.5) is 8.78 Å². The zero-order chi connectivity index (χ0) is 32.3. The second-order valence-electron chi connectivity index (χ2n) is 11.2. The van der Waals surface area contributed by atoms with Crippen LogP contribution in [0.3, 0.4) is 0 Å². The highest BCUT2D eigenvalue weighted by molar-refractivity contribution is 7.21. The Bertz CT molecular complexity index is 1720. The molecule has 1 unspecified atom stereocenters. The summed E-state index contributed by atoms with van der Waals surface area (Å²) in [6, 6.07) is 6.49. The summed E-state index contributed by atoms with van der Waals surface area (Å²) in [6.45, 7) is 4.80. The van der Waals surface area contributed by atoms with Crippen molar-refractivity contribution in [2.24, 2.45) is 11.3 Å². The number of rotatable bonds is 15. The van der Waals surface area contributed by atoms with Gasteiger partial charge in [-0.15, -0.1) is 22.7 Å². The van der Waals surface area contributed by atoms with Gasteiger partial charge < -0.3 is 24.4 Å². The van der Waals surface area contributed by atoms with Crippen molar-refractivity contribution in [3.05, 3.63) is 51.2 Å². The van der Waals surface area contributed by atoms with Gasteiger partial charge in [0.2, 0.25) is 0 Å². The van der Waals surface area contributed by atoms with Crippen molar-refractivity contribution < 1.29 is 47.6 Å². The number of benzene rings is 2. The number of carboxylic acid groups (broad SMARTS) is 2. The SMILES string of the molecule is COc1cc2sc(C(=O)CC(C)C(=O)O)cc2c(F)c1CCCOc1c(OC)cc2sc(CCC(C)(C)C(=O)O)cc2c1F. The van der Waals surface area contributed by atoms with Gasteiger partial charge in [0.25, 0.3) is 0 Å². The Morgan fingerprint density at radius 3 is 2.18 bits per heavy atom. The lowest BCUT2D eigenvalue weighted by atomic mass is 9.88. The number of hydrogen-bond acceptors (Lipinski definition) is 8. The van der Waals surface area contributed by atoms with Gasteiger partial charge in [-0.3, -0.25) is 14.4 Å². The molecule has 0 spiro atoms. The molecule has 1 atom stereocenters. The Hall–Kier alpha value is -3.77. The number of hydrogen-bond donors (Lipinski definition) is 2. The lowest BCUT2D eigenvalue weighted by Crippen LogP contribution is -2.23. The Morgan fingerprint density at radius 2 is 1.55 bits per heavy atom. The van der Waals surface area contributed by atoms with Gasteiger partial charge in [0.15, 0.2) is 23.1 Å². The maximum Gasteiger partial charge on any atom is 0.309 e. The van der Waals surface area contributed by atoms with Crippen LogP contribution >= 0.6 is 22.7 Å². The van der Waals surface area contributed by atoms with E-state index in [2.05, 4.69) is 0 Å². The molecule has 0 saturated heterocycles. The maximum absolute atomic E-state index is 15.6. The molecule has 0 aliphatic heterocycles. The van der Waals surface area contributed by atoms with Gasteiger partial charge in [-0.2, -0.15) is 0 Å². The van der Waals surface area contributed by atoms with E-state index in [4.69, 9.17) is 19.3 Å². The van der Waals surface area contributed by atoms with Crippen molar-refractivity contribution >= 4 is 60.6 Å². The second kappa shape index (κ2) is 13.5. The third-order valence-corrected chi connectivity index (χ3v) is 9.84. The average molecular weight is 649 g/mol. The fourth-order valence-corrected chi connectivity index (χ4v) is 6.83. The molecule has 0 saturated carbocycles. The van der Waals surface area contributed by atoms with Crippen LogP contribution in [-0.4, -0.2) is 48.8 Å². The summed E-state index contributed by atoms with van der Waals surface area (Å²) >= 11 is 2.45. The fourth-order valence-electron chi connectivity index (χ4n) is 4.71. The van der Waals surface area contributed by atoms with Crippen LogP contribution in [0.25, 0.3) is 20.2 Å². The molecule has 0 bridgehead atoms. The van der Waals surface area contributed by atoms with Crippen molar-refractivity contribution in [3.8, 4) is 17.2 Å². The summed E-state index contributed by atoms with van der Waals surface area (Å²) in [5.74, 6) is -3.86. The fraction of sp³-hybridized carbons (Fsp3) is 0.406. The molecule has 2 aromatic heterocycles. The number of ketones is 1. The number of aliphatic carboxylic acids is 2. The van der Waals surface area contributed by atoms with E-state index in [-0.39, 0.29) is 52.6 Å². The number of fused-ring (bicyclic) bond motifs is 2. The molecule has 2 heterocycles. The normalized spacial score (nSPS) is 12.4. The van der Waals surface area contributed by atoms with E-state index in [9.17, 15) is 19.5 Å². The quantitative estimate of drug-likeness (QED) is 0.0992. The van der Waals surface area contributed by atoms with Crippen molar-refractivity contribution in [2.75, 3.05) is 20.8 Å². The number of halogens is 2. The van der Waals surface area contributed by atoms with Gasteiger partial charge in [-0.25, -0.2) is 8.78 Å². The second-order valence-corrected chi connectivity index (χ2v) is 13.5. The maximum atomic E-state index is 15.6. The molecule has 0 radical (unpaired) electrons. The lowest BCUT2D eigenvalue weighted by Gasteiger charge is -2.17. The lowest BCUT2D eigenvalue weighted by molar-refractivity contribution is -0.147. The third-order valence-electron chi connectivity index (χ3n) is 7.58. The van der Waals surface area contributed by atoms with Gasteiger partial charge in [0.05, 0.1) is 37.0 Å². The molecule has 2 N–H and O–H groups in total. The average Bonchev–Trinajstić information content (AvgIpc) is 3.60. The molecular formula is C32H34F2O8S2. The molecule has 0 aliphatic carbocycles. The minimum Gasteiger partial charge on any atom is -0.496 e. The number of aryl methyl sites for hydroxylation is 1. The molecular weight excluding hydrogens is 614 g/mol. The first-order valence-corrected chi connectivity index (χ1v) is 15.6. The Balaban J connectivity index is 1.49. The molecule has 0 amide bonds. The van der Waals surface area contributed by atoms with Crippen LogP contribution in [0.1, 0.15) is 60.1 Å². The van der Waals surface area contributed by atoms with E-state index < -0.39 is 34.9 Å². The van der Waals surface area contributed by atoms with Crippen LogP contribution in [-0.2, 0) is 22.4 Å². The summed E-state index contributed by atoms with van der Waals surface area (Å²) in [4.78, 5) is 36.3. The van der Waals surface area contributed by atoms with Crippen LogP contribution in [0.5, 0.6) is 17.2 Å². The van der Waals surface area contributed by atoms with Crippen molar-refractivity contribution in [2.45, 2.75) is 52.9 Å². The summed E-state index contributed by atoms with van der Waals surface area (Å²) in [7, 11) is 2.83. The molecule has 12 heteroatoms. The van der Waals surface area contributed by atoms with Gasteiger partial charge in [-0.05, 0) is 57.7 Å². The van der Waals surface area contributed by atoms with Crippen LogP contribution in [0.2, 0.25) is 0 Å². The molecule has 0 fully saturated rings. The van der Waals surface area contributed by atoms with Crippen LogP contribution in [0.15, 0.2) is 24.3 Å². The van der Waals surface area contributed by atoms with Gasteiger partial charge in [-0.1, -0.05) is 6.92 Å². The highest BCUT2D eigenvalue weighted by atomic mass is 32.1. The zero-order valence-corrected chi connectivity index (χ0v) is 26.7. The third kappa shape index (κ3) is 6.96. The van der Waals surface area contributed by atoms with E-state index in [0.29, 0.717) is 39.8 Å². The van der Waals surface area contributed by atoms with Crippen molar-refractivity contribution in [1.82, 2.24) is 0 Å². The van der Waals surface area contributed by atoms with E-state index in [0.717, 1.165) is 16.2 Å². The number of carboxylic acids is 2. The Labute approximate surface area is 261 Å². The molecule has 44 heavy (non-hydrogen) atoms. The molecule has 2 aromatic carbocycles. The molecule has 4 rings (SSSR count). The zero-order valence-electron chi connectivity index (χ0n) is 25.0. The largest absolute Gasteiger partial charge is 0.496 e. The molecule has 8 nitrogen and oxygen atoms in total. The van der Waals surface area contributed by atoms with Crippen molar-refractivity contribution in [1.29, 1.82) is 0 Å². The first-order valence-electron chi connectivity index (χ1n) is 14.0. The summed E-state index contributed by atoms with van der Waals surface area (Å²) in [6.07, 6.45) is 1.21. The van der Waals surface area contributed by atoms with Gasteiger partial charge in [0.1, 0.15) is 11.6 Å². The minimum atomic E-state index is -1.08. The summed E-state index contributed by atoms with van der Waals surface area (Å²) < 4.78 is 49.0. The highest BCUT2D eigenvalue weighted by Gasteiger charge is 2.27. The van der Waals surface area contributed by atoms with E-state index >= 15 is 8.78 Å². The predicted molar refractivity (Wildman–Crippen MR) is 166 cm³/mol. The van der Waals surface area contributed by atoms with Crippen LogP contribution in [0, 0.1) is 23.0 Å². The van der Waals surface area contributed by atoms with Crippen molar-refractivity contribution in [3.63, 3.8) is 0 Å². The standard InChI is InChI=1S/C32H34F2O8S2/c1-16(30(36)37)11-21(35)26-13-20-25(44-26)14-22(40-4)18(27(20)33)7-6-10-42-29-23(41-5)15-24-19(28(29)34)12-17(43-24)8-9-32(2,3)31(38)39/h12-16H,6-11H2,1-5H3,(H,36,37)(H,38,39). The van der Waals surface area contributed by atoms with Gasteiger partial charge in [0, 0.05) is 43.1 Å². The molecule has 4 aromatic rings. The molecule has 236 valence electrons. The number of methoxy groups -OCH3 is 2. The van der Waals surface area contributed by atoms with E-state index in [1.54, 1.807) is 32.0 Å². The number of ether oxygens (including phenoxy) is 3. The Morgan fingerprint density at radius 1 is 0.909 bits per heavy atom. The molecule has 0 aliphatic rings. The number of carbonyl (C=O) groups excluding carboxylic acids is 1. The first kappa shape index (κ1) is 33.1. The number of carbonyl (C=O) groups is 3. The first-order chi connectivity index (χ1) is 20.8.